The first-order valence-corrected chi connectivity index (χ1v) is 11.0. The Bertz CT molecular complexity index is 1050. The van der Waals surface area contributed by atoms with Gasteiger partial charge in [0.05, 0.1) is 10.6 Å². The highest BCUT2D eigenvalue weighted by molar-refractivity contribution is 7.92. The number of piperidine rings is 1. The van der Waals surface area contributed by atoms with Crippen molar-refractivity contribution in [1.29, 1.82) is 5.26 Å². The molecule has 0 atom stereocenters. The molecular formula is C21H20ClN3O3S. The third kappa shape index (κ3) is 5.45. The summed E-state index contributed by atoms with van der Waals surface area (Å²) in [4.78, 5) is 12.5. The van der Waals surface area contributed by atoms with Crippen molar-refractivity contribution in [2.45, 2.75) is 12.8 Å². The van der Waals surface area contributed by atoms with Crippen LogP contribution in [0.4, 0.5) is 5.69 Å². The Labute approximate surface area is 175 Å². The number of halogens is 1. The van der Waals surface area contributed by atoms with Crippen LogP contribution in [0.25, 0.3) is 6.08 Å². The zero-order valence-corrected chi connectivity index (χ0v) is 17.2. The van der Waals surface area contributed by atoms with Crippen LogP contribution >= 0.6 is 11.6 Å². The van der Waals surface area contributed by atoms with E-state index in [4.69, 9.17) is 16.9 Å². The molecule has 29 heavy (non-hydrogen) atoms. The topological polar surface area (TPSA) is 90.3 Å². The lowest BCUT2D eigenvalue weighted by atomic mass is 9.97. The number of rotatable bonds is 5. The van der Waals surface area contributed by atoms with Crippen LogP contribution in [0.15, 0.2) is 53.9 Å². The van der Waals surface area contributed by atoms with Crippen molar-refractivity contribution in [1.82, 2.24) is 4.31 Å². The molecule has 1 saturated heterocycles. The predicted octanol–water partition coefficient (Wildman–Crippen LogP) is 3.86. The number of hydrogen-bond donors (Lipinski definition) is 1. The van der Waals surface area contributed by atoms with E-state index >= 15 is 0 Å². The van der Waals surface area contributed by atoms with Crippen molar-refractivity contribution in [2.24, 2.45) is 5.92 Å². The van der Waals surface area contributed by atoms with Crippen LogP contribution in [-0.4, -0.2) is 31.7 Å². The van der Waals surface area contributed by atoms with Gasteiger partial charge in [0.2, 0.25) is 15.9 Å². The number of nitriles is 1. The molecule has 150 valence electrons. The number of amides is 1. The maximum absolute atomic E-state index is 12.5. The first kappa shape index (κ1) is 21.1. The quantitative estimate of drug-likeness (QED) is 0.781. The standard InChI is InChI=1S/C21H20ClN3O3S/c22-20-14-19(7-6-18(20)15-23)24-21(26)17-8-11-25(12-9-17)29(27,28)13-10-16-4-2-1-3-5-16/h1-7,10,13-14,17H,8-9,11-12H2,(H,24,26)/b13-10+. The Kier molecular flexibility index (Phi) is 6.70. The second-order valence-corrected chi connectivity index (χ2v) is 8.95. The van der Waals surface area contributed by atoms with Crippen LogP contribution in [0.2, 0.25) is 5.02 Å². The minimum atomic E-state index is -3.53. The lowest BCUT2D eigenvalue weighted by Crippen LogP contribution is -2.40. The maximum atomic E-state index is 12.5. The van der Waals surface area contributed by atoms with Crippen LogP contribution in [0.5, 0.6) is 0 Å². The summed E-state index contributed by atoms with van der Waals surface area (Å²) in [6.07, 6.45) is 2.45. The summed E-state index contributed by atoms with van der Waals surface area (Å²) in [7, 11) is -3.53. The van der Waals surface area contributed by atoms with Gasteiger partial charge in [-0.1, -0.05) is 41.9 Å². The molecule has 8 heteroatoms. The summed E-state index contributed by atoms with van der Waals surface area (Å²) < 4.78 is 26.4. The molecule has 2 aromatic rings. The Morgan fingerprint density at radius 3 is 2.48 bits per heavy atom. The SMILES string of the molecule is N#Cc1ccc(NC(=O)C2CCN(S(=O)(=O)/C=C/c3ccccc3)CC2)cc1Cl. The fourth-order valence-corrected chi connectivity index (χ4v) is 4.56. The van der Waals surface area contributed by atoms with Gasteiger partial charge in [-0.05, 0) is 42.7 Å². The molecule has 1 heterocycles. The average Bonchev–Trinajstić information content (AvgIpc) is 2.73. The van der Waals surface area contributed by atoms with Gasteiger partial charge in [0.1, 0.15) is 6.07 Å². The summed E-state index contributed by atoms with van der Waals surface area (Å²) in [5, 5.41) is 13.2. The van der Waals surface area contributed by atoms with Crippen molar-refractivity contribution in [3.63, 3.8) is 0 Å². The van der Waals surface area contributed by atoms with Gasteiger partial charge < -0.3 is 5.32 Å². The molecule has 0 radical (unpaired) electrons. The van der Waals surface area contributed by atoms with Crippen LogP contribution in [0.3, 0.4) is 0 Å². The second kappa shape index (κ2) is 9.23. The molecule has 1 aliphatic rings. The average molecular weight is 430 g/mol. The molecule has 1 aliphatic heterocycles. The molecule has 0 saturated carbocycles. The van der Waals surface area contributed by atoms with E-state index in [1.54, 1.807) is 18.2 Å². The number of nitrogens with one attached hydrogen (secondary N) is 1. The van der Waals surface area contributed by atoms with Gasteiger partial charge in [0.25, 0.3) is 0 Å². The largest absolute Gasteiger partial charge is 0.326 e. The third-order valence-electron chi connectivity index (χ3n) is 4.77. The molecule has 0 unspecified atom stereocenters. The van der Waals surface area contributed by atoms with E-state index in [1.807, 2.05) is 36.4 Å². The molecular weight excluding hydrogens is 410 g/mol. The number of anilines is 1. The fourth-order valence-electron chi connectivity index (χ4n) is 3.12. The lowest BCUT2D eigenvalue weighted by molar-refractivity contribution is -0.120. The highest BCUT2D eigenvalue weighted by atomic mass is 35.5. The first-order chi connectivity index (χ1) is 13.9. The smallest absolute Gasteiger partial charge is 0.236 e. The van der Waals surface area contributed by atoms with Crippen molar-refractivity contribution in [3.05, 3.63) is 70.1 Å². The van der Waals surface area contributed by atoms with Gasteiger partial charge in [-0.3, -0.25) is 4.79 Å². The zero-order chi connectivity index (χ0) is 20.9. The molecule has 1 N–H and O–H groups in total. The number of hydrogen-bond acceptors (Lipinski definition) is 4. The molecule has 6 nitrogen and oxygen atoms in total. The first-order valence-electron chi connectivity index (χ1n) is 9.13. The molecule has 0 aliphatic carbocycles. The monoisotopic (exact) mass is 429 g/mol. The minimum absolute atomic E-state index is 0.178. The van der Waals surface area contributed by atoms with Crippen LogP contribution < -0.4 is 5.32 Å². The highest BCUT2D eigenvalue weighted by Crippen LogP contribution is 2.24. The van der Waals surface area contributed by atoms with Gasteiger partial charge >= 0.3 is 0 Å². The molecule has 1 amide bonds. The van der Waals surface area contributed by atoms with E-state index in [9.17, 15) is 13.2 Å². The Morgan fingerprint density at radius 2 is 1.86 bits per heavy atom. The Hall–Kier alpha value is -2.66. The van der Waals surface area contributed by atoms with E-state index in [1.165, 1.54) is 15.8 Å². The summed E-state index contributed by atoms with van der Waals surface area (Å²) in [5.41, 5.74) is 1.66. The van der Waals surface area contributed by atoms with Gasteiger partial charge in [-0.25, -0.2) is 8.42 Å². The van der Waals surface area contributed by atoms with Crippen molar-refractivity contribution < 1.29 is 13.2 Å². The normalized spacial score (nSPS) is 15.9. The summed E-state index contributed by atoms with van der Waals surface area (Å²) in [6, 6.07) is 15.9. The summed E-state index contributed by atoms with van der Waals surface area (Å²) in [6.45, 7) is 0.571. The van der Waals surface area contributed by atoms with Gasteiger partial charge in [0.15, 0.2) is 0 Å². The van der Waals surface area contributed by atoms with E-state index in [0.717, 1.165) is 5.56 Å². The molecule has 1 fully saturated rings. The Morgan fingerprint density at radius 1 is 1.17 bits per heavy atom. The third-order valence-corrected chi connectivity index (χ3v) is 6.65. The number of nitrogens with zero attached hydrogens (tertiary/aromatic N) is 2. The Balaban J connectivity index is 1.57. The van der Waals surface area contributed by atoms with Crippen LogP contribution in [0, 0.1) is 17.2 Å². The van der Waals surface area contributed by atoms with E-state index < -0.39 is 10.0 Å². The van der Waals surface area contributed by atoms with Crippen molar-refractivity contribution in [3.8, 4) is 6.07 Å². The number of benzene rings is 2. The van der Waals surface area contributed by atoms with Crippen LogP contribution in [-0.2, 0) is 14.8 Å². The highest BCUT2D eigenvalue weighted by Gasteiger charge is 2.30. The zero-order valence-electron chi connectivity index (χ0n) is 15.6. The number of carbonyl (C=O) groups excluding carboxylic acids is 1. The second-order valence-electron chi connectivity index (χ2n) is 6.73. The summed E-state index contributed by atoms with van der Waals surface area (Å²) in [5.74, 6) is -0.461. The predicted molar refractivity (Wildman–Crippen MR) is 113 cm³/mol. The van der Waals surface area contributed by atoms with E-state index in [-0.39, 0.29) is 29.9 Å². The van der Waals surface area contributed by atoms with Crippen molar-refractivity contribution >= 4 is 39.3 Å². The minimum Gasteiger partial charge on any atom is -0.326 e. The molecule has 0 aromatic heterocycles. The molecule has 0 spiro atoms. The van der Waals surface area contributed by atoms with E-state index in [0.29, 0.717) is 24.1 Å². The van der Waals surface area contributed by atoms with Crippen LogP contribution in [0.1, 0.15) is 24.0 Å². The number of sulfonamides is 1. The van der Waals surface area contributed by atoms with Gasteiger partial charge in [0, 0.05) is 30.1 Å². The van der Waals surface area contributed by atoms with E-state index in [2.05, 4.69) is 5.32 Å². The van der Waals surface area contributed by atoms with Gasteiger partial charge in [-0.15, -0.1) is 0 Å². The fraction of sp³-hybridized carbons (Fsp3) is 0.238. The molecule has 2 aromatic carbocycles. The summed E-state index contributed by atoms with van der Waals surface area (Å²) >= 11 is 5.99. The lowest BCUT2D eigenvalue weighted by Gasteiger charge is -2.29. The van der Waals surface area contributed by atoms with Gasteiger partial charge in [-0.2, -0.15) is 9.57 Å². The maximum Gasteiger partial charge on any atom is 0.236 e. The molecule has 3 rings (SSSR count). The number of carbonyl (C=O) groups is 1. The van der Waals surface area contributed by atoms with Crippen molar-refractivity contribution in [2.75, 3.05) is 18.4 Å². The molecule has 0 bridgehead atoms.